The van der Waals surface area contributed by atoms with E-state index in [1.807, 2.05) is 37.3 Å². The molecule has 3 heterocycles. The highest BCUT2D eigenvalue weighted by molar-refractivity contribution is 5.79. The van der Waals surface area contributed by atoms with Gasteiger partial charge in [0, 0.05) is 30.3 Å². The van der Waals surface area contributed by atoms with E-state index in [0.717, 1.165) is 5.56 Å². The highest BCUT2D eigenvalue weighted by Gasteiger charge is 2.31. The number of anilines is 1. The van der Waals surface area contributed by atoms with E-state index in [-0.39, 0.29) is 23.7 Å². The molecule has 2 aromatic carbocycles. The zero-order valence-corrected chi connectivity index (χ0v) is 22.5. The molecule has 4 aromatic rings. The summed E-state index contributed by atoms with van der Waals surface area (Å²) < 4.78 is 25.8. The molecule has 2 aromatic heterocycles. The number of ether oxygens (including phenoxy) is 2. The summed E-state index contributed by atoms with van der Waals surface area (Å²) in [5.41, 5.74) is 3.34. The fraction of sp³-hybridized carbons (Fsp3) is 0.300. The lowest BCUT2D eigenvalue weighted by atomic mass is 10.0. The number of carbonyl (C=O) groups excluding carboxylic acids is 1. The van der Waals surface area contributed by atoms with Crippen LogP contribution in [0.1, 0.15) is 31.0 Å². The van der Waals surface area contributed by atoms with Crippen LogP contribution >= 0.6 is 0 Å². The second-order valence-corrected chi connectivity index (χ2v) is 9.73. The second kappa shape index (κ2) is 13.1. The summed E-state index contributed by atoms with van der Waals surface area (Å²) in [5.74, 6) is 0.358. The summed E-state index contributed by atoms with van der Waals surface area (Å²) in [5, 5.41) is 14.9. The maximum atomic E-state index is 13.7. The Morgan fingerprint density at radius 3 is 2.61 bits per heavy atom. The number of amides is 1. The number of rotatable bonds is 10. The zero-order chi connectivity index (χ0) is 28.6. The Balaban J connectivity index is 1.29. The van der Waals surface area contributed by atoms with Gasteiger partial charge in [0.25, 0.3) is 0 Å². The Kier molecular flexibility index (Phi) is 8.93. The van der Waals surface area contributed by atoms with Crippen LogP contribution in [-0.2, 0) is 20.7 Å². The fourth-order valence-electron chi connectivity index (χ4n) is 4.49. The minimum atomic E-state index is -0.763. The van der Waals surface area contributed by atoms with E-state index in [1.54, 1.807) is 24.4 Å². The van der Waals surface area contributed by atoms with Gasteiger partial charge in [-0.15, -0.1) is 0 Å². The number of hydrogen-bond acceptors (Lipinski definition) is 8. The molecule has 3 N–H and O–H groups in total. The van der Waals surface area contributed by atoms with E-state index in [4.69, 9.17) is 19.7 Å². The number of nitriles is 1. The molecule has 0 saturated carbocycles. The van der Waals surface area contributed by atoms with Crippen molar-refractivity contribution < 1.29 is 18.7 Å². The van der Waals surface area contributed by atoms with Gasteiger partial charge >= 0.3 is 0 Å². The molecule has 0 radical (unpaired) electrons. The van der Waals surface area contributed by atoms with E-state index in [9.17, 15) is 9.18 Å². The summed E-state index contributed by atoms with van der Waals surface area (Å²) in [7, 11) is 0. The van der Waals surface area contributed by atoms with E-state index >= 15 is 0 Å². The first-order valence-corrected chi connectivity index (χ1v) is 13.4. The van der Waals surface area contributed by atoms with Gasteiger partial charge in [0.1, 0.15) is 5.82 Å². The van der Waals surface area contributed by atoms with Gasteiger partial charge in [-0.2, -0.15) is 5.26 Å². The number of aromatic nitrogens is 4. The number of nitrogens with one attached hydrogen (secondary N) is 3. The Hall–Kier alpha value is -4.66. The molecule has 1 amide bonds. The lowest BCUT2D eigenvalue weighted by Gasteiger charge is -2.32. The highest BCUT2D eigenvalue weighted by atomic mass is 19.1. The molecule has 0 aliphatic carbocycles. The third-order valence-corrected chi connectivity index (χ3v) is 6.72. The fourth-order valence-corrected chi connectivity index (χ4v) is 4.49. The number of nitrogens with zero attached hydrogens (tertiary/aromatic N) is 4. The minimum Gasteiger partial charge on any atom is -0.353 e. The standard InChI is InChI=1S/C30H30FN7O3/c1-19(35-25(39)16-20-6-3-2-4-7-20)22-17-40-29(41-18-22)28-37-26(21-8-10-23(31)11-9-21)27(38-28)24-12-15-34-30(36-24)33-14-5-13-32/h2-4,6-12,15,19,22,29H,5,14,16-18H2,1H3,(H,35,39)(H,37,38)(H,33,34,36). The molecular formula is C30H30FN7O3. The van der Waals surface area contributed by atoms with Crippen molar-refractivity contribution in [2.75, 3.05) is 25.1 Å². The summed E-state index contributed by atoms with van der Waals surface area (Å²) in [6.45, 7) is 3.07. The summed E-state index contributed by atoms with van der Waals surface area (Å²) in [6.07, 6.45) is 1.47. The summed E-state index contributed by atoms with van der Waals surface area (Å²) in [6, 6.07) is 19.3. The van der Waals surface area contributed by atoms with Crippen molar-refractivity contribution in [3.05, 3.63) is 84.1 Å². The van der Waals surface area contributed by atoms with Crippen molar-refractivity contribution in [2.45, 2.75) is 32.1 Å². The van der Waals surface area contributed by atoms with E-state index < -0.39 is 6.29 Å². The molecule has 41 heavy (non-hydrogen) atoms. The first-order chi connectivity index (χ1) is 20.0. The number of halogens is 1. The summed E-state index contributed by atoms with van der Waals surface area (Å²) >= 11 is 0. The Morgan fingerprint density at radius 2 is 1.88 bits per heavy atom. The van der Waals surface area contributed by atoms with Crippen LogP contribution in [0.2, 0.25) is 0 Å². The maximum absolute atomic E-state index is 13.7. The van der Waals surface area contributed by atoms with Gasteiger partial charge in [-0.3, -0.25) is 4.79 Å². The molecule has 1 unspecified atom stereocenters. The molecule has 1 saturated heterocycles. The molecule has 1 aliphatic heterocycles. The van der Waals surface area contributed by atoms with Gasteiger partial charge in [-0.25, -0.2) is 19.3 Å². The van der Waals surface area contributed by atoms with Crippen molar-refractivity contribution in [3.63, 3.8) is 0 Å². The topological polar surface area (TPSA) is 138 Å². The Bertz CT molecular complexity index is 1500. The van der Waals surface area contributed by atoms with E-state index in [1.165, 1.54) is 12.1 Å². The normalized spacial score (nSPS) is 17.4. The van der Waals surface area contributed by atoms with Gasteiger partial charge in [-0.1, -0.05) is 30.3 Å². The Morgan fingerprint density at radius 1 is 1.12 bits per heavy atom. The predicted octanol–water partition coefficient (Wildman–Crippen LogP) is 4.41. The number of H-pyrrole nitrogens is 1. The van der Waals surface area contributed by atoms with Crippen molar-refractivity contribution in [1.82, 2.24) is 25.3 Å². The summed E-state index contributed by atoms with van der Waals surface area (Å²) in [4.78, 5) is 29.4. The van der Waals surface area contributed by atoms with Crippen LogP contribution in [0.3, 0.4) is 0 Å². The van der Waals surface area contributed by atoms with Crippen LogP contribution in [0.4, 0.5) is 10.3 Å². The molecule has 210 valence electrons. The average Bonchev–Trinajstić information content (AvgIpc) is 3.44. The predicted molar refractivity (Wildman–Crippen MR) is 150 cm³/mol. The van der Waals surface area contributed by atoms with Gasteiger partial charge < -0.3 is 25.1 Å². The number of aromatic amines is 1. The highest BCUT2D eigenvalue weighted by Crippen LogP contribution is 2.33. The van der Waals surface area contributed by atoms with Gasteiger partial charge in [0.05, 0.1) is 49.2 Å². The molecule has 10 nitrogen and oxygen atoms in total. The third kappa shape index (κ3) is 7.11. The van der Waals surface area contributed by atoms with Gasteiger partial charge in [0.15, 0.2) is 5.82 Å². The van der Waals surface area contributed by atoms with Gasteiger partial charge in [0.2, 0.25) is 18.1 Å². The Labute approximate surface area is 237 Å². The molecule has 1 fully saturated rings. The van der Waals surface area contributed by atoms with Crippen LogP contribution in [0.15, 0.2) is 66.9 Å². The van der Waals surface area contributed by atoms with E-state index in [2.05, 4.69) is 31.7 Å². The minimum absolute atomic E-state index is 0.0408. The molecule has 0 bridgehead atoms. The first kappa shape index (κ1) is 27.9. The monoisotopic (exact) mass is 555 g/mol. The SMILES string of the molecule is CC(NC(=O)Cc1ccccc1)C1COC(c2nc(-c3ccc(F)cc3)c(-c3ccnc(NCCC#N)n3)[nH]2)OC1. The molecule has 1 aliphatic rings. The van der Waals surface area contributed by atoms with Crippen LogP contribution in [0.25, 0.3) is 22.6 Å². The van der Waals surface area contributed by atoms with Crippen molar-refractivity contribution in [2.24, 2.45) is 5.92 Å². The van der Waals surface area contributed by atoms with Crippen molar-refractivity contribution in [3.8, 4) is 28.7 Å². The number of carbonyl (C=O) groups is 1. The smallest absolute Gasteiger partial charge is 0.224 e. The average molecular weight is 556 g/mol. The molecular weight excluding hydrogens is 525 g/mol. The number of benzene rings is 2. The molecule has 1 atom stereocenters. The second-order valence-electron chi connectivity index (χ2n) is 9.73. The number of imidazole rings is 1. The molecule has 11 heteroatoms. The van der Waals surface area contributed by atoms with Crippen LogP contribution in [0, 0.1) is 23.1 Å². The maximum Gasteiger partial charge on any atom is 0.224 e. The van der Waals surface area contributed by atoms with Crippen molar-refractivity contribution in [1.29, 1.82) is 5.26 Å². The first-order valence-electron chi connectivity index (χ1n) is 13.4. The van der Waals surface area contributed by atoms with Crippen LogP contribution in [-0.4, -0.2) is 51.6 Å². The lowest BCUT2D eigenvalue weighted by Crippen LogP contribution is -2.44. The van der Waals surface area contributed by atoms with Crippen molar-refractivity contribution >= 4 is 11.9 Å². The lowest BCUT2D eigenvalue weighted by molar-refractivity contribution is -0.212. The number of hydrogen-bond donors (Lipinski definition) is 3. The van der Waals surface area contributed by atoms with Crippen LogP contribution in [0.5, 0.6) is 0 Å². The molecule has 0 spiro atoms. The third-order valence-electron chi connectivity index (χ3n) is 6.72. The largest absolute Gasteiger partial charge is 0.353 e. The zero-order valence-electron chi connectivity index (χ0n) is 22.5. The molecule has 5 rings (SSSR count). The van der Waals surface area contributed by atoms with Gasteiger partial charge in [-0.05, 0) is 42.8 Å². The van der Waals surface area contributed by atoms with E-state index in [0.29, 0.717) is 67.0 Å². The van der Waals surface area contributed by atoms with Crippen LogP contribution < -0.4 is 10.6 Å². The quantitative estimate of drug-likeness (QED) is 0.245.